The molecule has 0 spiro atoms. The van der Waals surface area contributed by atoms with E-state index in [0.717, 1.165) is 9.80 Å². The van der Waals surface area contributed by atoms with Crippen LogP contribution in [-0.2, 0) is 9.53 Å². The number of hydrogen-bond acceptors (Lipinski definition) is 5. The number of amides is 2. The van der Waals surface area contributed by atoms with Crippen molar-refractivity contribution in [1.29, 1.82) is 0 Å². The minimum atomic E-state index is -0.418. The second-order valence-electron chi connectivity index (χ2n) is 5.69. The molecule has 0 unspecified atom stereocenters. The molecule has 2 amide bonds. The average molecular weight is 390 g/mol. The number of benzene rings is 2. The Kier molecular flexibility index (Phi) is 5.64. The number of ether oxygens (including phenoxy) is 1. The number of carbonyl (C=O) groups excluding carboxylic acids is 3. The molecule has 2 aromatic carbocycles. The second-order valence-corrected chi connectivity index (χ2v) is 7.54. The third kappa shape index (κ3) is 3.92. The minimum Gasteiger partial charge on any atom is -0.463 e. The van der Waals surface area contributed by atoms with Crippen LogP contribution in [0.2, 0.25) is 5.02 Å². The Morgan fingerprint density at radius 2 is 1.65 bits per heavy atom. The van der Waals surface area contributed by atoms with Crippen molar-refractivity contribution in [3.05, 3.63) is 64.7 Å². The van der Waals surface area contributed by atoms with E-state index in [1.165, 1.54) is 11.8 Å². The highest BCUT2D eigenvalue weighted by atomic mass is 35.5. The van der Waals surface area contributed by atoms with Crippen molar-refractivity contribution in [2.75, 3.05) is 13.2 Å². The van der Waals surface area contributed by atoms with E-state index in [1.807, 2.05) is 12.1 Å². The van der Waals surface area contributed by atoms with Gasteiger partial charge in [-0.3, -0.25) is 19.3 Å². The highest BCUT2D eigenvalue weighted by Crippen LogP contribution is 2.26. The number of carbonyl (C=O) groups is 3. The van der Waals surface area contributed by atoms with E-state index in [2.05, 4.69) is 0 Å². The molecule has 0 bridgehead atoms. The molecule has 2 aromatic rings. The molecule has 0 fully saturated rings. The summed E-state index contributed by atoms with van der Waals surface area (Å²) >= 11 is 7.19. The van der Waals surface area contributed by atoms with Gasteiger partial charge in [-0.15, -0.1) is 11.8 Å². The van der Waals surface area contributed by atoms with Crippen LogP contribution in [0.15, 0.2) is 53.4 Å². The zero-order valence-electron chi connectivity index (χ0n) is 14.0. The van der Waals surface area contributed by atoms with Crippen molar-refractivity contribution in [2.24, 2.45) is 0 Å². The Morgan fingerprint density at radius 3 is 2.23 bits per heavy atom. The Labute approximate surface area is 160 Å². The predicted octanol–water partition coefficient (Wildman–Crippen LogP) is 3.66. The van der Waals surface area contributed by atoms with Crippen molar-refractivity contribution in [2.45, 2.75) is 17.1 Å². The first-order valence-electron chi connectivity index (χ1n) is 8.01. The third-order valence-corrected chi connectivity index (χ3v) is 5.24. The van der Waals surface area contributed by atoms with Gasteiger partial charge in [-0.1, -0.05) is 23.7 Å². The first-order chi connectivity index (χ1) is 12.5. The maximum Gasteiger partial charge on any atom is 0.319 e. The molecule has 5 nitrogen and oxygen atoms in total. The average Bonchev–Trinajstić information content (AvgIpc) is 2.88. The Hall–Kier alpha value is -2.31. The summed E-state index contributed by atoms with van der Waals surface area (Å²) in [6, 6.07) is 13.8. The number of hydrogen-bond donors (Lipinski definition) is 0. The number of nitrogens with zero attached hydrogens (tertiary/aromatic N) is 1. The van der Waals surface area contributed by atoms with Gasteiger partial charge in [0.05, 0.1) is 17.7 Å². The summed E-state index contributed by atoms with van der Waals surface area (Å²) in [6.07, 6.45) is 0. The highest BCUT2D eigenvalue weighted by molar-refractivity contribution is 8.00. The van der Waals surface area contributed by atoms with Gasteiger partial charge in [-0.25, -0.2) is 0 Å². The monoisotopic (exact) mass is 389 g/mol. The maximum atomic E-state index is 12.2. The normalized spacial score (nSPS) is 14.3. The molecule has 0 aliphatic carbocycles. The molecule has 134 valence electrons. The zero-order chi connectivity index (χ0) is 18.7. The van der Waals surface area contributed by atoms with Crippen LogP contribution in [0.5, 0.6) is 0 Å². The first-order valence-corrected chi connectivity index (χ1v) is 9.27. The number of rotatable bonds is 6. The summed E-state index contributed by atoms with van der Waals surface area (Å²) in [5.41, 5.74) is 0.769. The minimum absolute atomic E-state index is 0.0319. The lowest BCUT2D eigenvalue weighted by Crippen LogP contribution is -2.34. The van der Waals surface area contributed by atoms with Crippen molar-refractivity contribution in [3.8, 4) is 0 Å². The molecule has 1 aliphatic rings. The van der Waals surface area contributed by atoms with Gasteiger partial charge in [-0.05, 0) is 43.3 Å². The number of fused-ring (bicyclic) bond motifs is 1. The Morgan fingerprint density at radius 1 is 1.08 bits per heavy atom. The van der Waals surface area contributed by atoms with Gasteiger partial charge >= 0.3 is 5.97 Å². The van der Waals surface area contributed by atoms with E-state index >= 15 is 0 Å². The molecule has 0 saturated carbocycles. The summed E-state index contributed by atoms with van der Waals surface area (Å²) in [6.45, 7) is 1.75. The van der Waals surface area contributed by atoms with E-state index < -0.39 is 11.2 Å². The smallest absolute Gasteiger partial charge is 0.319 e. The SMILES string of the molecule is C[C@H](Sc1ccc(Cl)cc1)C(=O)OCCN1C(=O)c2ccccc2C1=O. The van der Waals surface area contributed by atoms with E-state index in [-0.39, 0.29) is 25.0 Å². The van der Waals surface area contributed by atoms with Gasteiger partial charge in [0, 0.05) is 9.92 Å². The third-order valence-electron chi connectivity index (χ3n) is 3.90. The summed E-state index contributed by atoms with van der Waals surface area (Å²) in [4.78, 5) is 38.6. The van der Waals surface area contributed by atoms with Crippen LogP contribution in [0.3, 0.4) is 0 Å². The van der Waals surface area contributed by atoms with Crippen molar-refractivity contribution in [1.82, 2.24) is 4.90 Å². The lowest BCUT2D eigenvalue weighted by Gasteiger charge is -2.15. The molecule has 0 radical (unpaired) electrons. The van der Waals surface area contributed by atoms with E-state index in [9.17, 15) is 14.4 Å². The van der Waals surface area contributed by atoms with Crippen molar-refractivity contribution < 1.29 is 19.1 Å². The standard InChI is InChI=1S/C19H16ClNO4S/c1-12(26-14-8-6-13(20)7-9-14)19(24)25-11-10-21-17(22)15-4-2-3-5-16(15)18(21)23/h2-9,12H,10-11H2,1H3/t12-/m0/s1. The number of halogens is 1. The summed E-state index contributed by atoms with van der Waals surface area (Å²) in [7, 11) is 0. The fourth-order valence-corrected chi connectivity index (χ4v) is 3.55. The van der Waals surface area contributed by atoms with Crippen LogP contribution < -0.4 is 0 Å². The quantitative estimate of drug-likeness (QED) is 0.428. The molecule has 0 saturated heterocycles. The topological polar surface area (TPSA) is 63.7 Å². The number of esters is 1. The second kappa shape index (κ2) is 7.93. The molecule has 3 rings (SSSR count). The first kappa shape index (κ1) is 18.5. The van der Waals surface area contributed by atoms with Crippen LogP contribution >= 0.6 is 23.4 Å². The maximum absolute atomic E-state index is 12.2. The Bertz CT molecular complexity index is 818. The fraction of sp³-hybridized carbons (Fsp3) is 0.211. The number of thioether (sulfide) groups is 1. The van der Waals surface area contributed by atoms with Gasteiger partial charge in [0.2, 0.25) is 0 Å². The zero-order valence-corrected chi connectivity index (χ0v) is 15.5. The molecule has 26 heavy (non-hydrogen) atoms. The molecule has 7 heteroatoms. The molecule has 1 heterocycles. The van der Waals surface area contributed by atoms with Crippen LogP contribution in [0.1, 0.15) is 27.6 Å². The largest absolute Gasteiger partial charge is 0.463 e. The number of imide groups is 1. The molecular weight excluding hydrogens is 374 g/mol. The predicted molar refractivity (Wildman–Crippen MR) is 99.5 cm³/mol. The lowest BCUT2D eigenvalue weighted by molar-refractivity contribution is -0.142. The van der Waals surface area contributed by atoms with Gasteiger partial charge in [0.15, 0.2) is 0 Å². The molecule has 1 atom stereocenters. The lowest BCUT2D eigenvalue weighted by atomic mass is 10.1. The van der Waals surface area contributed by atoms with Crippen LogP contribution in [0.4, 0.5) is 0 Å². The molecule has 0 aromatic heterocycles. The summed E-state index contributed by atoms with van der Waals surface area (Å²) in [5.74, 6) is -1.11. The van der Waals surface area contributed by atoms with Crippen LogP contribution in [-0.4, -0.2) is 41.1 Å². The van der Waals surface area contributed by atoms with E-state index in [1.54, 1.807) is 43.3 Å². The van der Waals surface area contributed by atoms with Gasteiger partial charge in [0.25, 0.3) is 11.8 Å². The van der Waals surface area contributed by atoms with Gasteiger partial charge < -0.3 is 4.74 Å². The van der Waals surface area contributed by atoms with E-state index in [4.69, 9.17) is 16.3 Å². The van der Waals surface area contributed by atoms with Gasteiger partial charge in [0.1, 0.15) is 11.9 Å². The summed E-state index contributed by atoms with van der Waals surface area (Å²) < 4.78 is 5.23. The van der Waals surface area contributed by atoms with Crippen molar-refractivity contribution >= 4 is 41.1 Å². The molecule has 1 aliphatic heterocycles. The van der Waals surface area contributed by atoms with Gasteiger partial charge in [-0.2, -0.15) is 0 Å². The van der Waals surface area contributed by atoms with E-state index in [0.29, 0.717) is 16.1 Å². The summed E-state index contributed by atoms with van der Waals surface area (Å²) in [5, 5.41) is 0.212. The Balaban J connectivity index is 1.50. The van der Waals surface area contributed by atoms with Crippen molar-refractivity contribution in [3.63, 3.8) is 0 Å². The fourth-order valence-electron chi connectivity index (χ4n) is 2.56. The molecular formula is C19H16ClNO4S. The molecule has 0 N–H and O–H groups in total. The highest BCUT2D eigenvalue weighted by Gasteiger charge is 2.34. The van der Waals surface area contributed by atoms with Crippen LogP contribution in [0, 0.1) is 0 Å². The van der Waals surface area contributed by atoms with Crippen LogP contribution in [0.25, 0.3) is 0 Å².